The zero-order valence-corrected chi connectivity index (χ0v) is 19.0. The topological polar surface area (TPSA) is 62.2 Å². The van der Waals surface area contributed by atoms with Gasteiger partial charge in [-0.05, 0) is 18.6 Å². The molecule has 2 aromatic rings. The van der Waals surface area contributed by atoms with Gasteiger partial charge in [-0.25, -0.2) is 9.40 Å². The molecule has 0 aromatic heterocycles. The van der Waals surface area contributed by atoms with Gasteiger partial charge in [-0.15, -0.1) is 0 Å². The molecule has 0 radical (unpaired) electrons. The molecular weight excluding hydrogens is 409 g/mol. The highest BCUT2D eigenvalue weighted by Crippen LogP contribution is 2.33. The highest BCUT2D eigenvalue weighted by molar-refractivity contribution is 6.03. The van der Waals surface area contributed by atoms with Gasteiger partial charge in [0.15, 0.2) is 0 Å². The predicted molar refractivity (Wildman–Crippen MR) is 122 cm³/mol. The monoisotopic (exact) mass is 439 g/mol. The number of hydrazone groups is 1. The molecule has 2 aromatic carbocycles. The maximum atomic E-state index is 14.4. The molecule has 3 rings (SSSR count). The largest absolute Gasteiger partial charge is 0.383 e. The van der Waals surface area contributed by atoms with Crippen LogP contribution in [-0.2, 0) is 14.3 Å². The van der Waals surface area contributed by atoms with Crippen LogP contribution in [0.25, 0.3) is 0 Å². The Labute approximate surface area is 188 Å². The number of hydrogen-bond acceptors (Lipinski definition) is 4. The van der Waals surface area contributed by atoms with Crippen molar-refractivity contribution in [3.05, 3.63) is 71.0 Å². The van der Waals surface area contributed by atoms with Crippen LogP contribution in [0.4, 0.5) is 4.39 Å². The Morgan fingerprint density at radius 2 is 1.88 bits per heavy atom. The summed E-state index contributed by atoms with van der Waals surface area (Å²) < 4.78 is 19.6. The van der Waals surface area contributed by atoms with E-state index in [4.69, 9.17) is 4.74 Å². The van der Waals surface area contributed by atoms with Crippen molar-refractivity contribution < 1.29 is 18.7 Å². The minimum atomic E-state index is -0.375. The number of halogens is 1. The lowest BCUT2D eigenvalue weighted by Crippen LogP contribution is -2.44. The summed E-state index contributed by atoms with van der Waals surface area (Å²) in [5.74, 6) is -1.06. The highest BCUT2D eigenvalue weighted by Gasteiger charge is 2.35. The van der Waals surface area contributed by atoms with Gasteiger partial charge < -0.3 is 9.64 Å². The van der Waals surface area contributed by atoms with Crippen LogP contribution in [-0.4, -0.2) is 54.2 Å². The van der Waals surface area contributed by atoms with Gasteiger partial charge in [0.1, 0.15) is 12.4 Å². The van der Waals surface area contributed by atoms with Crippen LogP contribution in [0.5, 0.6) is 0 Å². The number of aryl methyl sites for hydroxylation is 1. The van der Waals surface area contributed by atoms with E-state index in [1.807, 2.05) is 31.2 Å². The number of benzene rings is 2. The van der Waals surface area contributed by atoms with Crippen molar-refractivity contribution in [3.63, 3.8) is 0 Å². The summed E-state index contributed by atoms with van der Waals surface area (Å²) in [5.41, 5.74) is 2.92. The summed E-state index contributed by atoms with van der Waals surface area (Å²) in [5, 5.41) is 5.93. The van der Waals surface area contributed by atoms with Crippen LogP contribution >= 0.6 is 0 Å². The lowest BCUT2D eigenvalue weighted by atomic mass is 9.97. The molecule has 32 heavy (non-hydrogen) atoms. The summed E-state index contributed by atoms with van der Waals surface area (Å²) in [7, 11) is 1.55. The zero-order chi connectivity index (χ0) is 23.3. The summed E-state index contributed by atoms with van der Waals surface area (Å²) in [6.45, 7) is 6.12. The van der Waals surface area contributed by atoms with Crippen LogP contribution in [0, 0.1) is 18.7 Å². The van der Waals surface area contributed by atoms with Crippen molar-refractivity contribution in [2.45, 2.75) is 33.2 Å². The molecule has 0 saturated heterocycles. The van der Waals surface area contributed by atoms with E-state index in [-0.39, 0.29) is 36.1 Å². The van der Waals surface area contributed by atoms with Gasteiger partial charge in [0, 0.05) is 31.6 Å². The third-order valence-corrected chi connectivity index (χ3v) is 5.51. The van der Waals surface area contributed by atoms with E-state index in [2.05, 4.69) is 5.10 Å². The average Bonchev–Trinajstić information content (AvgIpc) is 3.22. The molecule has 6 nitrogen and oxygen atoms in total. The second-order valence-electron chi connectivity index (χ2n) is 8.30. The number of ether oxygens (including phenoxy) is 1. The van der Waals surface area contributed by atoms with E-state index in [9.17, 15) is 14.0 Å². The first-order valence-electron chi connectivity index (χ1n) is 10.8. The van der Waals surface area contributed by atoms with Gasteiger partial charge in [0.05, 0.1) is 18.4 Å². The molecule has 170 valence electrons. The maximum absolute atomic E-state index is 14.4. The minimum Gasteiger partial charge on any atom is -0.383 e. The molecule has 1 aliphatic rings. The van der Waals surface area contributed by atoms with Gasteiger partial charge in [0.2, 0.25) is 5.91 Å². The number of hydrogen-bond donors (Lipinski definition) is 0. The van der Waals surface area contributed by atoms with Gasteiger partial charge in [-0.2, -0.15) is 5.10 Å². The van der Waals surface area contributed by atoms with Gasteiger partial charge >= 0.3 is 0 Å². The molecule has 0 saturated carbocycles. The Hall–Kier alpha value is -3.06. The van der Waals surface area contributed by atoms with Gasteiger partial charge in [-0.3, -0.25) is 9.59 Å². The van der Waals surface area contributed by atoms with E-state index in [1.54, 1.807) is 39.2 Å². The molecule has 0 bridgehead atoms. The molecule has 1 atom stereocenters. The van der Waals surface area contributed by atoms with Gasteiger partial charge in [0.25, 0.3) is 5.91 Å². The molecule has 0 aliphatic carbocycles. The first-order chi connectivity index (χ1) is 15.3. The number of carbonyl (C=O) groups is 2. The smallest absolute Gasteiger partial charge is 0.262 e. The summed E-state index contributed by atoms with van der Waals surface area (Å²) in [4.78, 5) is 27.5. The van der Waals surface area contributed by atoms with E-state index in [0.29, 0.717) is 30.8 Å². The van der Waals surface area contributed by atoms with E-state index < -0.39 is 0 Å². The van der Waals surface area contributed by atoms with E-state index in [1.165, 1.54) is 16.0 Å². The van der Waals surface area contributed by atoms with Crippen molar-refractivity contribution in [1.29, 1.82) is 0 Å². The van der Waals surface area contributed by atoms with Crippen molar-refractivity contribution in [2.75, 3.05) is 26.8 Å². The van der Waals surface area contributed by atoms with Gasteiger partial charge in [-0.1, -0.05) is 61.9 Å². The first kappa shape index (κ1) is 23.6. The summed E-state index contributed by atoms with van der Waals surface area (Å²) in [6.07, 6.45) is 0.395. The van der Waals surface area contributed by atoms with Crippen molar-refractivity contribution in [2.24, 2.45) is 11.0 Å². The Morgan fingerprint density at radius 1 is 1.19 bits per heavy atom. The summed E-state index contributed by atoms with van der Waals surface area (Å²) in [6, 6.07) is 13.9. The van der Waals surface area contributed by atoms with Crippen LogP contribution < -0.4 is 0 Å². The minimum absolute atomic E-state index is 0.114. The summed E-state index contributed by atoms with van der Waals surface area (Å²) >= 11 is 0. The number of methoxy groups -OCH3 is 1. The fourth-order valence-corrected chi connectivity index (χ4v) is 3.72. The molecular formula is C25H30FN3O3. The Bertz CT molecular complexity index is 988. The van der Waals surface area contributed by atoms with Crippen molar-refractivity contribution in [3.8, 4) is 0 Å². The molecule has 1 unspecified atom stereocenters. The Morgan fingerprint density at radius 3 is 2.50 bits per heavy atom. The van der Waals surface area contributed by atoms with Crippen LogP contribution in [0.1, 0.15) is 43.0 Å². The molecule has 7 heteroatoms. The zero-order valence-electron chi connectivity index (χ0n) is 19.0. The number of carbonyl (C=O) groups excluding carboxylic acids is 2. The number of rotatable bonds is 8. The predicted octanol–water partition coefficient (Wildman–Crippen LogP) is 3.94. The van der Waals surface area contributed by atoms with Crippen LogP contribution in [0.3, 0.4) is 0 Å². The SMILES string of the molecule is COCCN(CC(=O)N1N=C(c2ccccc2F)CC1c1ccc(C)cc1)C(=O)C(C)C. The lowest BCUT2D eigenvalue weighted by molar-refractivity contribution is -0.143. The highest BCUT2D eigenvalue weighted by atomic mass is 19.1. The quantitative estimate of drug-likeness (QED) is 0.626. The molecule has 0 spiro atoms. The first-order valence-corrected chi connectivity index (χ1v) is 10.8. The number of amides is 2. The van der Waals surface area contributed by atoms with Crippen molar-refractivity contribution >= 4 is 17.5 Å². The maximum Gasteiger partial charge on any atom is 0.262 e. The van der Waals surface area contributed by atoms with Crippen LogP contribution in [0.15, 0.2) is 53.6 Å². The van der Waals surface area contributed by atoms with Crippen molar-refractivity contribution in [1.82, 2.24) is 9.91 Å². The average molecular weight is 440 g/mol. The second-order valence-corrected chi connectivity index (χ2v) is 8.30. The fourth-order valence-electron chi connectivity index (χ4n) is 3.72. The normalized spacial score (nSPS) is 15.8. The third kappa shape index (κ3) is 5.40. The molecule has 0 fully saturated rings. The Balaban J connectivity index is 1.91. The number of nitrogens with zero attached hydrogens (tertiary/aromatic N) is 3. The molecule has 0 N–H and O–H groups in total. The molecule has 1 heterocycles. The fraction of sp³-hybridized carbons (Fsp3) is 0.400. The third-order valence-electron chi connectivity index (χ3n) is 5.51. The molecule has 2 amide bonds. The molecule has 1 aliphatic heterocycles. The second kappa shape index (κ2) is 10.5. The van der Waals surface area contributed by atoms with E-state index in [0.717, 1.165) is 11.1 Å². The van der Waals surface area contributed by atoms with E-state index >= 15 is 0 Å². The Kier molecular flexibility index (Phi) is 7.75. The van der Waals surface area contributed by atoms with Crippen LogP contribution in [0.2, 0.25) is 0 Å². The lowest BCUT2D eigenvalue weighted by Gasteiger charge is -2.28. The standard InChI is InChI=1S/C25H30FN3O3/c1-17(2)25(31)28(13-14-32-4)16-24(30)29-23(19-11-9-18(3)10-12-19)15-22(27-29)20-7-5-6-8-21(20)26/h5-12,17,23H,13-16H2,1-4H3.